The second kappa shape index (κ2) is 50.2. The summed E-state index contributed by atoms with van der Waals surface area (Å²) < 4.78 is 17.9. The molecule has 0 spiro atoms. The molecule has 0 amide bonds. The molecular formula is C55H103BN3O7. The summed E-state index contributed by atoms with van der Waals surface area (Å²) in [7, 11) is 2.34. The van der Waals surface area contributed by atoms with Crippen molar-refractivity contribution >= 4 is 32.0 Å². The summed E-state index contributed by atoms with van der Waals surface area (Å²) in [5.41, 5.74) is 0. The van der Waals surface area contributed by atoms with Crippen molar-refractivity contribution in [1.29, 1.82) is 0 Å². The van der Waals surface area contributed by atoms with E-state index < -0.39 is 0 Å². The van der Waals surface area contributed by atoms with E-state index in [-0.39, 0.29) is 18.0 Å². The number of ether oxygens (including phenoxy) is 3. The van der Waals surface area contributed by atoms with Crippen LogP contribution in [0, 0.1) is 6.92 Å². The monoisotopic (exact) mass is 929 g/mol. The Kier molecular flexibility index (Phi) is 48.2. The molecule has 1 aliphatic rings. The van der Waals surface area contributed by atoms with Crippen molar-refractivity contribution in [2.45, 2.75) is 278 Å². The highest BCUT2D eigenvalue weighted by atomic mass is 16.5. The normalized spacial score (nSPS) is 13.4. The van der Waals surface area contributed by atoms with E-state index in [1.807, 2.05) is 17.7 Å². The van der Waals surface area contributed by atoms with Crippen LogP contribution in [0.15, 0.2) is 12.4 Å². The zero-order valence-corrected chi connectivity index (χ0v) is 43.7. The molecule has 2 heterocycles. The Balaban J connectivity index is 0.00000106. The molecule has 11 heteroatoms. The van der Waals surface area contributed by atoms with Gasteiger partial charge in [-0.15, -0.1) is 0 Å². The fourth-order valence-corrected chi connectivity index (χ4v) is 8.47. The maximum Gasteiger partial charge on any atom is 0.306 e. The van der Waals surface area contributed by atoms with Crippen LogP contribution in [0.4, 0.5) is 0 Å². The second-order valence-electron chi connectivity index (χ2n) is 18.9. The quantitative estimate of drug-likeness (QED) is 0.0207. The molecule has 383 valence electrons. The van der Waals surface area contributed by atoms with Crippen LogP contribution in [0.2, 0.25) is 12.6 Å². The lowest BCUT2D eigenvalue weighted by Crippen LogP contribution is -2.21. The van der Waals surface area contributed by atoms with Crippen LogP contribution in [0.25, 0.3) is 0 Å². The van der Waals surface area contributed by atoms with Gasteiger partial charge < -0.3 is 28.5 Å². The molecule has 1 atom stereocenters. The number of rotatable bonds is 44. The Morgan fingerprint density at radius 2 is 1.17 bits per heavy atom. The van der Waals surface area contributed by atoms with Gasteiger partial charge in [-0.05, 0) is 90.8 Å². The predicted octanol–water partition coefficient (Wildman–Crippen LogP) is 14.6. The lowest BCUT2D eigenvalue weighted by molar-refractivity contribution is -0.150. The largest absolute Gasteiger partial charge is 0.468 e. The van der Waals surface area contributed by atoms with Crippen LogP contribution in [0.1, 0.15) is 251 Å². The third kappa shape index (κ3) is 42.7. The number of aldehydes is 1. The number of hydrogen-bond acceptors (Lipinski definition) is 9. The van der Waals surface area contributed by atoms with E-state index in [0.717, 1.165) is 88.7 Å². The fourth-order valence-electron chi connectivity index (χ4n) is 8.47. The standard InChI is InChI=1S/C26H50O4.C22H43BNO2.C7H10N2O/c1-3-5-7-9-12-16-20-25(21-17-13-10-8-6-4-2)30-26(28)22-18-14-11-15-19-23-29-24-27;1-3-4-5-6-7-8-9-10-14-19-26-22(25)15-12-11-13-17-24-18-16-21(20-24)23-2;1-7-8-3-5-9(7)4-2-6-10/h24-25H,3-23H2,1-2H3;21H,3-20H2,1-2H3;3,5-6H,2,4H2,1H3. The highest BCUT2D eigenvalue weighted by molar-refractivity contribution is 6.35. The van der Waals surface area contributed by atoms with Gasteiger partial charge in [-0.1, -0.05) is 175 Å². The first-order valence-electron chi connectivity index (χ1n) is 27.7. The van der Waals surface area contributed by atoms with Crippen LogP contribution >= 0.6 is 0 Å². The summed E-state index contributed by atoms with van der Waals surface area (Å²) >= 11 is 0. The van der Waals surface area contributed by atoms with Crippen molar-refractivity contribution in [1.82, 2.24) is 14.5 Å². The molecule has 1 radical (unpaired) electrons. The van der Waals surface area contributed by atoms with Crippen LogP contribution in [-0.4, -0.2) is 85.4 Å². The molecule has 66 heavy (non-hydrogen) atoms. The number of hydrogen-bond donors (Lipinski definition) is 0. The molecule has 1 saturated heterocycles. The van der Waals surface area contributed by atoms with E-state index in [2.05, 4.69) is 49.5 Å². The predicted molar refractivity (Wildman–Crippen MR) is 276 cm³/mol. The van der Waals surface area contributed by atoms with Crippen LogP contribution in [0.3, 0.4) is 0 Å². The van der Waals surface area contributed by atoms with Crippen LogP contribution in [0.5, 0.6) is 0 Å². The Labute approximate surface area is 407 Å². The summed E-state index contributed by atoms with van der Waals surface area (Å²) in [5.74, 6) is 1.75. The SMILES string of the molecule is CCCCCCCCC(CCCCCCCC)OC(=O)CCCCCCCOC=O.C[B]C1CCN(CCCCCC(=O)OCCCCCCCCCCC)C1.Cc1nccn1CCC=O. The van der Waals surface area contributed by atoms with Gasteiger partial charge in [0.05, 0.1) is 13.2 Å². The first-order valence-corrected chi connectivity index (χ1v) is 27.7. The maximum absolute atomic E-state index is 12.3. The number of aryl methyl sites for hydroxylation is 2. The van der Waals surface area contributed by atoms with Gasteiger partial charge in [-0.3, -0.25) is 14.4 Å². The van der Waals surface area contributed by atoms with Gasteiger partial charge in [-0.25, -0.2) is 4.98 Å². The van der Waals surface area contributed by atoms with E-state index in [1.165, 1.54) is 161 Å². The van der Waals surface area contributed by atoms with Gasteiger partial charge in [0, 0.05) is 38.2 Å². The topological polar surface area (TPSA) is 117 Å². The smallest absolute Gasteiger partial charge is 0.306 e. The lowest BCUT2D eigenvalue weighted by atomic mass is 9.66. The highest BCUT2D eigenvalue weighted by Gasteiger charge is 2.20. The molecule has 0 saturated carbocycles. The molecular weight excluding hydrogens is 825 g/mol. The van der Waals surface area contributed by atoms with Crippen LogP contribution in [-0.2, 0) is 39.9 Å². The molecule has 0 N–H and O–H groups in total. The number of nitrogens with zero attached hydrogens (tertiary/aromatic N) is 3. The van der Waals surface area contributed by atoms with Gasteiger partial charge in [0.1, 0.15) is 25.5 Å². The molecule has 0 aliphatic carbocycles. The molecule has 1 aromatic heterocycles. The fraction of sp³-hybridized carbons (Fsp3) is 0.873. The van der Waals surface area contributed by atoms with Crippen LogP contribution < -0.4 is 0 Å². The van der Waals surface area contributed by atoms with Crippen molar-refractivity contribution in [3.8, 4) is 0 Å². The van der Waals surface area contributed by atoms with E-state index in [1.54, 1.807) is 6.20 Å². The van der Waals surface area contributed by atoms with E-state index in [4.69, 9.17) is 9.47 Å². The number of carbonyl (C=O) groups is 4. The lowest BCUT2D eigenvalue weighted by Gasteiger charge is -2.18. The number of carbonyl (C=O) groups excluding carboxylic acids is 4. The molecule has 1 aromatic rings. The molecule has 1 fully saturated rings. The summed E-state index contributed by atoms with van der Waals surface area (Å²) in [4.78, 5) is 50.7. The Hall–Kier alpha value is -2.69. The minimum Gasteiger partial charge on any atom is -0.468 e. The first kappa shape index (κ1) is 63.3. The molecule has 2 rings (SSSR count). The number of esters is 2. The Morgan fingerprint density at radius 3 is 1.67 bits per heavy atom. The first-order chi connectivity index (χ1) is 32.3. The van der Waals surface area contributed by atoms with Crippen molar-refractivity contribution in [2.24, 2.45) is 0 Å². The number of imidazole rings is 1. The summed E-state index contributed by atoms with van der Waals surface area (Å²) in [6.07, 6.45) is 45.1. The average Bonchev–Trinajstić information content (AvgIpc) is 3.97. The van der Waals surface area contributed by atoms with Gasteiger partial charge in [0.25, 0.3) is 6.47 Å². The number of aromatic nitrogens is 2. The minimum absolute atomic E-state index is 0.00591. The third-order valence-electron chi connectivity index (χ3n) is 12.8. The Morgan fingerprint density at radius 1 is 0.667 bits per heavy atom. The summed E-state index contributed by atoms with van der Waals surface area (Å²) in [6, 6.07) is 0. The molecule has 0 bridgehead atoms. The van der Waals surface area contributed by atoms with E-state index in [9.17, 15) is 19.2 Å². The number of likely N-dealkylation sites (tertiary alicyclic amines) is 1. The molecule has 0 aromatic carbocycles. The van der Waals surface area contributed by atoms with Gasteiger partial charge in [0.15, 0.2) is 0 Å². The zero-order valence-electron chi connectivity index (χ0n) is 43.7. The van der Waals surface area contributed by atoms with E-state index >= 15 is 0 Å². The van der Waals surface area contributed by atoms with Gasteiger partial charge in [-0.2, -0.15) is 0 Å². The van der Waals surface area contributed by atoms with Crippen molar-refractivity contribution < 1.29 is 33.4 Å². The zero-order chi connectivity index (χ0) is 48.4. The number of unbranched alkanes of at least 4 members (excludes halogenated alkanes) is 24. The molecule has 10 nitrogen and oxygen atoms in total. The summed E-state index contributed by atoms with van der Waals surface area (Å²) in [5, 5.41) is 0. The minimum atomic E-state index is -0.0127. The van der Waals surface area contributed by atoms with Crippen molar-refractivity contribution in [2.75, 3.05) is 32.8 Å². The van der Waals surface area contributed by atoms with Gasteiger partial charge >= 0.3 is 11.9 Å². The highest BCUT2D eigenvalue weighted by Crippen LogP contribution is 2.21. The average molecular weight is 929 g/mol. The second-order valence-corrected chi connectivity index (χ2v) is 18.9. The van der Waals surface area contributed by atoms with Gasteiger partial charge in [0.2, 0.25) is 0 Å². The van der Waals surface area contributed by atoms with Crippen molar-refractivity contribution in [3.05, 3.63) is 18.2 Å². The van der Waals surface area contributed by atoms with Crippen molar-refractivity contribution in [3.63, 3.8) is 0 Å². The third-order valence-corrected chi connectivity index (χ3v) is 12.8. The Bertz CT molecular complexity index is 1200. The van der Waals surface area contributed by atoms with E-state index in [0.29, 0.717) is 38.9 Å². The maximum atomic E-state index is 12.3. The molecule has 1 aliphatic heterocycles. The summed E-state index contributed by atoms with van der Waals surface area (Å²) in [6.45, 7) is 16.9. The molecule has 1 unspecified atom stereocenters.